The Morgan fingerprint density at radius 1 is 1.38 bits per heavy atom. The van der Waals surface area contributed by atoms with E-state index in [4.69, 9.17) is 38.4 Å². The van der Waals surface area contributed by atoms with Crippen LogP contribution in [0.25, 0.3) is 0 Å². The first-order valence-electron chi connectivity index (χ1n) is 6.45. The zero-order valence-corrected chi connectivity index (χ0v) is 13.5. The first-order chi connectivity index (χ1) is 9.77. The van der Waals surface area contributed by atoms with Crippen LogP contribution in [0.4, 0.5) is 10.1 Å². The third-order valence-corrected chi connectivity index (χ3v) is 3.40. The Balaban J connectivity index is 2.79. The molecule has 1 heterocycles. The molecular formula is C13H17Cl2FN2O3. The van der Waals surface area contributed by atoms with E-state index >= 15 is 0 Å². The standard InChI is InChI=1S/C13H17Cl2FN2O3/c1-4-5-6(2)20-13(19)7(3)21-12-9(15)10(17)8(14)11(16)18-12/h6-7H,4-5H2,1-3H3,(H2,17,18)/t6?,7-/m1/s1. The average molecular weight is 339 g/mol. The summed E-state index contributed by atoms with van der Waals surface area (Å²) in [5, 5.41) is -0.540. The number of anilines is 1. The lowest BCUT2D eigenvalue weighted by molar-refractivity contribution is -0.156. The van der Waals surface area contributed by atoms with Gasteiger partial charge in [-0.25, -0.2) is 4.79 Å². The Labute approximate surface area is 132 Å². The summed E-state index contributed by atoms with van der Waals surface area (Å²) < 4.78 is 23.8. The molecule has 0 saturated carbocycles. The largest absolute Gasteiger partial charge is 0.461 e. The summed E-state index contributed by atoms with van der Waals surface area (Å²) in [7, 11) is 0. The molecule has 2 N–H and O–H groups in total. The molecule has 0 aliphatic rings. The highest BCUT2D eigenvalue weighted by atomic mass is 35.5. The summed E-state index contributed by atoms with van der Waals surface area (Å²) in [6.07, 6.45) is 0.383. The maximum atomic E-state index is 13.4. The smallest absolute Gasteiger partial charge is 0.347 e. The molecule has 0 amide bonds. The van der Waals surface area contributed by atoms with Crippen LogP contribution < -0.4 is 10.5 Å². The van der Waals surface area contributed by atoms with Crippen molar-refractivity contribution >= 4 is 34.9 Å². The number of carbonyl (C=O) groups is 1. The molecule has 8 heteroatoms. The fraction of sp³-hybridized carbons (Fsp3) is 0.538. The number of aromatic nitrogens is 1. The molecule has 0 fully saturated rings. The Morgan fingerprint density at radius 2 is 2.00 bits per heavy atom. The van der Waals surface area contributed by atoms with Crippen LogP contribution >= 0.6 is 23.2 Å². The van der Waals surface area contributed by atoms with E-state index < -0.39 is 18.0 Å². The maximum absolute atomic E-state index is 13.4. The van der Waals surface area contributed by atoms with E-state index in [1.54, 1.807) is 6.92 Å². The number of nitrogen functional groups attached to an aromatic ring is 1. The summed E-state index contributed by atoms with van der Waals surface area (Å²) in [4.78, 5) is 15.2. The summed E-state index contributed by atoms with van der Waals surface area (Å²) in [6, 6.07) is 0. The molecule has 2 atom stereocenters. The number of nitrogens with two attached hydrogens (primary N) is 1. The highest BCUT2D eigenvalue weighted by Crippen LogP contribution is 2.35. The van der Waals surface area contributed by atoms with Gasteiger partial charge in [-0.3, -0.25) is 0 Å². The van der Waals surface area contributed by atoms with Crippen LogP contribution in [-0.2, 0) is 9.53 Å². The maximum Gasteiger partial charge on any atom is 0.347 e. The molecule has 1 rings (SSSR count). The Kier molecular flexibility index (Phi) is 6.48. The van der Waals surface area contributed by atoms with E-state index in [2.05, 4.69) is 4.98 Å². The van der Waals surface area contributed by atoms with Gasteiger partial charge >= 0.3 is 5.97 Å². The van der Waals surface area contributed by atoms with Gasteiger partial charge in [0.15, 0.2) is 6.10 Å². The lowest BCUT2D eigenvalue weighted by atomic mass is 10.2. The van der Waals surface area contributed by atoms with E-state index in [0.29, 0.717) is 0 Å². The van der Waals surface area contributed by atoms with Gasteiger partial charge in [0.05, 0.1) is 11.8 Å². The second-order valence-electron chi connectivity index (χ2n) is 4.55. The number of esters is 1. The van der Waals surface area contributed by atoms with Gasteiger partial charge in [-0.05, 0) is 20.3 Å². The topological polar surface area (TPSA) is 74.4 Å². The average Bonchev–Trinajstić information content (AvgIpc) is 2.42. The third-order valence-electron chi connectivity index (χ3n) is 2.67. The predicted molar refractivity (Wildman–Crippen MR) is 79.2 cm³/mol. The number of halogens is 3. The first kappa shape index (κ1) is 17.8. The van der Waals surface area contributed by atoms with Gasteiger partial charge in [0, 0.05) is 0 Å². The molecule has 0 aromatic carbocycles. The molecule has 21 heavy (non-hydrogen) atoms. The van der Waals surface area contributed by atoms with E-state index in [9.17, 15) is 9.18 Å². The van der Waals surface area contributed by atoms with Gasteiger partial charge in [-0.15, -0.1) is 0 Å². The highest BCUT2D eigenvalue weighted by Gasteiger charge is 2.23. The molecule has 1 aromatic rings. The van der Waals surface area contributed by atoms with E-state index in [1.807, 2.05) is 6.92 Å². The third kappa shape index (κ3) is 4.61. The van der Waals surface area contributed by atoms with Gasteiger partial charge in [0.25, 0.3) is 0 Å². The predicted octanol–water partition coefficient (Wildman–Crippen LogP) is 3.61. The summed E-state index contributed by atoms with van der Waals surface area (Å²) >= 11 is 11.4. The molecular weight excluding hydrogens is 322 g/mol. The Hall–Kier alpha value is -1.27. The lowest BCUT2D eigenvalue weighted by Crippen LogP contribution is -2.29. The van der Waals surface area contributed by atoms with E-state index in [1.165, 1.54) is 6.92 Å². The van der Waals surface area contributed by atoms with Crippen LogP contribution in [0, 0.1) is 5.95 Å². The second kappa shape index (κ2) is 7.66. The van der Waals surface area contributed by atoms with Gasteiger partial charge in [0.1, 0.15) is 10.0 Å². The molecule has 0 saturated heterocycles. The fourth-order valence-electron chi connectivity index (χ4n) is 1.56. The second-order valence-corrected chi connectivity index (χ2v) is 5.30. The van der Waals surface area contributed by atoms with Crippen molar-refractivity contribution in [3.05, 3.63) is 16.0 Å². The van der Waals surface area contributed by atoms with Crippen molar-refractivity contribution in [1.82, 2.24) is 4.98 Å². The Morgan fingerprint density at radius 3 is 2.57 bits per heavy atom. The fourth-order valence-corrected chi connectivity index (χ4v) is 1.93. The summed E-state index contributed by atoms with van der Waals surface area (Å²) in [6.45, 7) is 5.20. The number of rotatable bonds is 6. The van der Waals surface area contributed by atoms with Crippen molar-refractivity contribution in [2.75, 3.05) is 5.73 Å². The summed E-state index contributed by atoms with van der Waals surface area (Å²) in [5.41, 5.74) is 5.32. The molecule has 118 valence electrons. The van der Waals surface area contributed by atoms with E-state index in [-0.39, 0.29) is 27.7 Å². The van der Waals surface area contributed by atoms with Crippen LogP contribution in [-0.4, -0.2) is 23.2 Å². The van der Waals surface area contributed by atoms with Crippen LogP contribution in [0.15, 0.2) is 0 Å². The van der Waals surface area contributed by atoms with Crippen LogP contribution in [0.3, 0.4) is 0 Å². The quantitative estimate of drug-likeness (QED) is 0.633. The molecule has 5 nitrogen and oxygen atoms in total. The zero-order chi connectivity index (χ0) is 16.2. The van der Waals surface area contributed by atoms with Gasteiger partial charge in [0.2, 0.25) is 11.8 Å². The van der Waals surface area contributed by atoms with Crippen molar-refractivity contribution in [1.29, 1.82) is 0 Å². The number of nitrogens with zero attached hydrogens (tertiary/aromatic N) is 1. The van der Waals surface area contributed by atoms with Crippen molar-refractivity contribution in [3.8, 4) is 5.88 Å². The summed E-state index contributed by atoms with van der Waals surface area (Å²) in [5.74, 6) is -1.92. The normalized spacial score (nSPS) is 13.6. The minimum absolute atomic E-state index is 0.150. The van der Waals surface area contributed by atoms with Crippen LogP contribution in [0.5, 0.6) is 5.88 Å². The van der Waals surface area contributed by atoms with Crippen molar-refractivity contribution in [3.63, 3.8) is 0 Å². The molecule has 1 unspecified atom stereocenters. The van der Waals surface area contributed by atoms with Crippen LogP contribution in [0.2, 0.25) is 10.0 Å². The molecule has 0 aliphatic heterocycles. The van der Waals surface area contributed by atoms with Gasteiger partial charge in [-0.1, -0.05) is 36.5 Å². The highest BCUT2D eigenvalue weighted by molar-refractivity contribution is 6.39. The first-order valence-corrected chi connectivity index (χ1v) is 7.20. The molecule has 0 bridgehead atoms. The lowest BCUT2D eigenvalue weighted by Gasteiger charge is -2.18. The monoisotopic (exact) mass is 338 g/mol. The number of carbonyl (C=O) groups excluding carboxylic acids is 1. The molecule has 1 aromatic heterocycles. The molecule has 0 spiro atoms. The van der Waals surface area contributed by atoms with Crippen LogP contribution in [0.1, 0.15) is 33.6 Å². The number of hydrogen-bond donors (Lipinski definition) is 1. The number of pyridine rings is 1. The van der Waals surface area contributed by atoms with Crippen molar-refractivity contribution < 1.29 is 18.7 Å². The minimum Gasteiger partial charge on any atom is -0.461 e. The minimum atomic E-state index is -1.02. The van der Waals surface area contributed by atoms with Gasteiger partial charge in [-0.2, -0.15) is 9.37 Å². The molecule has 0 aliphatic carbocycles. The van der Waals surface area contributed by atoms with Crippen molar-refractivity contribution in [2.24, 2.45) is 0 Å². The Bertz CT molecular complexity index is 529. The van der Waals surface area contributed by atoms with Crippen molar-refractivity contribution in [2.45, 2.75) is 45.8 Å². The molecule has 0 radical (unpaired) electrons. The van der Waals surface area contributed by atoms with Gasteiger partial charge < -0.3 is 15.2 Å². The zero-order valence-electron chi connectivity index (χ0n) is 12.0. The number of ether oxygens (including phenoxy) is 2. The number of hydrogen-bond acceptors (Lipinski definition) is 5. The van der Waals surface area contributed by atoms with E-state index in [0.717, 1.165) is 12.8 Å². The SMILES string of the molecule is CCCC(C)OC(=O)[C@@H](C)Oc1nc(F)c(Cl)c(N)c1Cl.